The van der Waals surface area contributed by atoms with Gasteiger partial charge in [0.05, 0.1) is 5.57 Å². The molecule has 1 unspecified atom stereocenters. The first-order valence-electron chi connectivity index (χ1n) is 18.8. The smallest absolute Gasteiger partial charge is 0.348 e. The number of carbonyl (C=O) groups is 1. The Kier molecular flexibility index (Phi) is 10.6. The zero-order chi connectivity index (χ0) is 35.2. The number of benzene rings is 4. The summed E-state index contributed by atoms with van der Waals surface area (Å²) < 4.78 is 0. The highest BCUT2D eigenvalue weighted by Gasteiger charge is 2.33. The van der Waals surface area contributed by atoms with Gasteiger partial charge in [-0.05, 0) is 134 Å². The van der Waals surface area contributed by atoms with Crippen LogP contribution in [-0.2, 0) is 22.5 Å². The Morgan fingerprint density at radius 2 is 1.24 bits per heavy atom. The number of aryl methyl sites for hydroxylation is 2. The number of nitrogens with zero attached hydrogens (tertiary/aromatic N) is 3. The highest BCUT2D eigenvalue weighted by Crippen LogP contribution is 2.41. The Morgan fingerprint density at radius 1 is 0.686 bits per heavy atom. The van der Waals surface area contributed by atoms with Crippen molar-refractivity contribution in [3.63, 3.8) is 0 Å². The van der Waals surface area contributed by atoms with E-state index in [0.29, 0.717) is 17.2 Å². The van der Waals surface area contributed by atoms with Crippen LogP contribution in [0.4, 0.5) is 22.7 Å². The molecule has 0 saturated heterocycles. The van der Waals surface area contributed by atoms with E-state index in [2.05, 4.69) is 121 Å². The predicted molar refractivity (Wildman–Crippen MR) is 211 cm³/mol. The minimum absolute atomic E-state index is 0.356. The van der Waals surface area contributed by atoms with Crippen LogP contribution in [0.15, 0.2) is 143 Å². The SMILES string of the molecule is CCCCc1ccc(N(c2ccc(CCCC)cc2)c2ccc(N(C)C3=CC4=C/C(=C5/C(=O)ON=C5c5ccccc5)CCC4CC3)cc2)cc1. The van der Waals surface area contributed by atoms with E-state index in [1.54, 1.807) is 0 Å². The molecule has 51 heavy (non-hydrogen) atoms. The average molecular weight is 676 g/mol. The zero-order valence-electron chi connectivity index (χ0n) is 30.3. The topological polar surface area (TPSA) is 45.1 Å². The zero-order valence-corrected chi connectivity index (χ0v) is 30.3. The quantitative estimate of drug-likeness (QED) is 0.111. The number of unbranched alkanes of at least 4 members (excludes halogenated alkanes) is 2. The molecule has 7 rings (SSSR count). The molecule has 0 amide bonds. The largest absolute Gasteiger partial charge is 0.368 e. The molecule has 0 radical (unpaired) electrons. The summed E-state index contributed by atoms with van der Waals surface area (Å²) in [6, 6.07) is 37.0. The van der Waals surface area contributed by atoms with E-state index in [0.717, 1.165) is 61.0 Å². The first-order chi connectivity index (χ1) is 25.0. The van der Waals surface area contributed by atoms with Crippen molar-refractivity contribution in [2.75, 3.05) is 16.8 Å². The second-order valence-corrected chi connectivity index (χ2v) is 14.1. The lowest BCUT2D eigenvalue weighted by Crippen LogP contribution is -2.23. The summed E-state index contributed by atoms with van der Waals surface area (Å²) in [7, 11) is 2.17. The predicted octanol–water partition coefficient (Wildman–Crippen LogP) is 11.5. The third kappa shape index (κ3) is 7.63. The van der Waals surface area contributed by atoms with Gasteiger partial charge in [0.25, 0.3) is 0 Å². The minimum Gasteiger partial charge on any atom is -0.348 e. The fourth-order valence-corrected chi connectivity index (χ4v) is 7.58. The van der Waals surface area contributed by atoms with Crippen LogP contribution in [0.2, 0.25) is 0 Å². The van der Waals surface area contributed by atoms with Crippen LogP contribution in [0.1, 0.15) is 81.9 Å². The van der Waals surface area contributed by atoms with Gasteiger partial charge in [-0.3, -0.25) is 0 Å². The van der Waals surface area contributed by atoms with Crippen molar-refractivity contribution in [3.05, 3.63) is 154 Å². The summed E-state index contributed by atoms with van der Waals surface area (Å²) in [5, 5.41) is 4.17. The molecule has 4 aromatic carbocycles. The Hall–Kier alpha value is -5.16. The normalized spacial score (nSPS) is 18.4. The van der Waals surface area contributed by atoms with Gasteiger partial charge in [-0.25, -0.2) is 4.79 Å². The third-order valence-electron chi connectivity index (χ3n) is 10.6. The summed E-state index contributed by atoms with van der Waals surface area (Å²) in [4.78, 5) is 22.8. The molecule has 2 aliphatic carbocycles. The van der Waals surface area contributed by atoms with Gasteiger partial charge >= 0.3 is 5.97 Å². The maximum Gasteiger partial charge on any atom is 0.368 e. The molecule has 5 heteroatoms. The molecule has 5 nitrogen and oxygen atoms in total. The number of hydrogen-bond donors (Lipinski definition) is 0. The molecule has 1 atom stereocenters. The minimum atomic E-state index is -0.356. The maximum atomic E-state index is 12.9. The second-order valence-electron chi connectivity index (χ2n) is 14.1. The van der Waals surface area contributed by atoms with Crippen molar-refractivity contribution >= 4 is 34.4 Å². The maximum absolute atomic E-state index is 12.9. The lowest BCUT2D eigenvalue weighted by Gasteiger charge is -2.33. The Labute approximate surface area is 303 Å². The Morgan fingerprint density at radius 3 is 1.82 bits per heavy atom. The second kappa shape index (κ2) is 15.8. The Balaban J connectivity index is 1.15. The third-order valence-corrected chi connectivity index (χ3v) is 10.6. The van der Waals surface area contributed by atoms with Crippen molar-refractivity contribution in [2.24, 2.45) is 11.1 Å². The van der Waals surface area contributed by atoms with Gasteiger partial charge in [0, 0.05) is 41.1 Å². The molecule has 0 bridgehead atoms. The van der Waals surface area contributed by atoms with Crippen LogP contribution in [0.5, 0.6) is 0 Å². The van der Waals surface area contributed by atoms with E-state index in [4.69, 9.17) is 4.84 Å². The van der Waals surface area contributed by atoms with Crippen LogP contribution in [0.3, 0.4) is 0 Å². The van der Waals surface area contributed by atoms with Gasteiger partial charge in [0.1, 0.15) is 5.71 Å². The van der Waals surface area contributed by atoms with Crippen molar-refractivity contribution < 1.29 is 9.63 Å². The van der Waals surface area contributed by atoms with Gasteiger partial charge in [-0.15, -0.1) is 0 Å². The molecule has 0 saturated carbocycles. The molecule has 1 heterocycles. The average Bonchev–Trinajstić information content (AvgIpc) is 3.58. The van der Waals surface area contributed by atoms with Gasteiger partial charge in [-0.2, -0.15) is 0 Å². The first kappa shape index (κ1) is 34.3. The summed E-state index contributed by atoms with van der Waals surface area (Å²) in [5.74, 6) is 0.143. The van der Waals surface area contributed by atoms with E-state index in [1.165, 1.54) is 59.5 Å². The number of hydrogen-bond acceptors (Lipinski definition) is 5. The van der Waals surface area contributed by atoms with E-state index in [1.807, 2.05) is 30.3 Å². The lowest BCUT2D eigenvalue weighted by atomic mass is 9.77. The van der Waals surface area contributed by atoms with E-state index in [-0.39, 0.29) is 5.97 Å². The van der Waals surface area contributed by atoms with E-state index >= 15 is 0 Å². The van der Waals surface area contributed by atoms with Gasteiger partial charge < -0.3 is 14.6 Å². The molecule has 0 aromatic heterocycles. The van der Waals surface area contributed by atoms with Gasteiger partial charge in [0.2, 0.25) is 0 Å². The van der Waals surface area contributed by atoms with E-state index < -0.39 is 0 Å². The Bertz CT molecular complexity index is 1900. The number of allylic oxidation sites excluding steroid dienone is 5. The fourth-order valence-electron chi connectivity index (χ4n) is 7.58. The standard InChI is InChI=1S/C46H49N3O2/c1-4-6-11-33-15-22-40(23-16-33)49(41-24-17-34(18-25-41)12-7-5-2)42-29-27-39(28-30-42)48(3)43-26-21-35-19-20-37(31-38(35)32-43)44-45(47-51-46(44)50)36-13-9-8-10-14-36/h8-10,13-18,22-25,27-32,35H,4-7,11-12,19-21,26H2,1-3H3/b44-37+. The molecule has 4 aromatic rings. The molecular formula is C46H49N3O2. The van der Waals surface area contributed by atoms with Gasteiger partial charge in [0.15, 0.2) is 0 Å². The van der Waals surface area contributed by atoms with Gasteiger partial charge in [-0.1, -0.05) is 92.5 Å². The molecule has 0 fully saturated rings. The summed E-state index contributed by atoms with van der Waals surface area (Å²) in [5.41, 5.74) is 13.1. The van der Waals surface area contributed by atoms with Crippen LogP contribution < -0.4 is 9.80 Å². The van der Waals surface area contributed by atoms with Crippen molar-refractivity contribution in [3.8, 4) is 0 Å². The molecular weight excluding hydrogens is 627 g/mol. The number of oxime groups is 1. The fraction of sp³-hybridized carbons (Fsp3) is 0.304. The summed E-state index contributed by atoms with van der Waals surface area (Å²) in [6.07, 6.45) is 15.6. The van der Waals surface area contributed by atoms with Crippen LogP contribution >= 0.6 is 0 Å². The highest BCUT2D eigenvalue weighted by molar-refractivity contribution is 6.29. The molecule has 260 valence electrons. The number of carbonyl (C=O) groups excluding carboxylic acids is 1. The van der Waals surface area contributed by atoms with Crippen LogP contribution in [0.25, 0.3) is 0 Å². The first-order valence-corrected chi connectivity index (χ1v) is 18.8. The molecule has 3 aliphatic rings. The molecule has 0 N–H and O–H groups in total. The van der Waals surface area contributed by atoms with Crippen LogP contribution in [0, 0.1) is 5.92 Å². The number of anilines is 4. The molecule has 1 aliphatic heterocycles. The van der Waals surface area contributed by atoms with Crippen molar-refractivity contribution in [1.29, 1.82) is 0 Å². The molecule has 0 spiro atoms. The van der Waals surface area contributed by atoms with Crippen LogP contribution in [-0.4, -0.2) is 18.7 Å². The van der Waals surface area contributed by atoms with Crippen molar-refractivity contribution in [1.82, 2.24) is 0 Å². The summed E-state index contributed by atoms with van der Waals surface area (Å²) in [6.45, 7) is 4.49. The monoisotopic (exact) mass is 675 g/mol. The lowest BCUT2D eigenvalue weighted by molar-refractivity contribution is -0.136. The number of rotatable bonds is 12. The van der Waals surface area contributed by atoms with Crippen molar-refractivity contribution in [2.45, 2.75) is 78.1 Å². The van der Waals surface area contributed by atoms with E-state index in [9.17, 15) is 4.79 Å². The number of fused-ring (bicyclic) bond motifs is 1. The summed E-state index contributed by atoms with van der Waals surface area (Å²) >= 11 is 0. The highest BCUT2D eigenvalue weighted by atomic mass is 16.7.